The van der Waals surface area contributed by atoms with Crippen LogP contribution in [0.2, 0.25) is 15.1 Å². The molecule has 0 unspecified atom stereocenters. The van der Waals surface area contributed by atoms with E-state index in [4.69, 9.17) is 34.8 Å². The lowest BCUT2D eigenvalue weighted by Gasteiger charge is -2.09. The van der Waals surface area contributed by atoms with Crippen molar-refractivity contribution in [3.63, 3.8) is 0 Å². The fourth-order valence-electron chi connectivity index (χ4n) is 2.36. The van der Waals surface area contributed by atoms with Crippen molar-refractivity contribution in [2.75, 3.05) is 16.4 Å². The summed E-state index contributed by atoms with van der Waals surface area (Å²) >= 11 is 20.7. The third-order valence-electron chi connectivity index (χ3n) is 3.83. The number of benzene rings is 2. The fraction of sp³-hybridized carbons (Fsp3) is 0.211. The van der Waals surface area contributed by atoms with Crippen LogP contribution in [0.3, 0.4) is 0 Å². The number of nitrogens with zero attached hydrogens (tertiary/aromatic N) is 2. The molecule has 1 aromatic heterocycles. The maximum absolute atomic E-state index is 12.2. The molecule has 3 rings (SSSR count). The lowest BCUT2D eigenvalue weighted by Crippen LogP contribution is -2.14. The average Bonchev–Trinajstić information content (AvgIpc) is 3.11. The van der Waals surface area contributed by atoms with Gasteiger partial charge in [-0.25, -0.2) is 0 Å². The molecule has 0 aliphatic rings. The van der Waals surface area contributed by atoms with Crippen LogP contribution in [0.15, 0.2) is 40.7 Å². The number of hydrogen-bond acceptors (Lipinski definition) is 6. The molecule has 10 heteroatoms. The molecule has 0 atom stereocenters. The molecule has 29 heavy (non-hydrogen) atoms. The zero-order valence-electron chi connectivity index (χ0n) is 15.5. The number of hydrogen-bond donors (Lipinski definition) is 2. The van der Waals surface area contributed by atoms with Crippen LogP contribution in [-0.2, 0) is 4.79 Å². The van der Waals surface area contributed by atoms with Crippen LogP contribution in [0.25, 0.3) is 0 Å². The predicted molar refractivity (Wildman–Crippen MR) is 125 cm³/mol. The minimum Gasteiger partial charge on any atom is -0.330 e. The highest BCUT2D eigenvalue weighted by Gasteiger charge is 2.13. The van der Waals surface area contributed by atoms with Crippen LogP contribution in [-0.4, -0.2) is 21.9 Å². The molecule has 2 aromatic carbocycles. The van der Waals surface area contributed by atoms with Gasteiger partial charge in [-0.15, -0.1) is 10.2 Å². The average molecular weight is 488 g/mol. The lowest BCUT2D eigenvalue weighted by atomic mass is 10.0. The number of thioether (sulfide) groups is 1. The molecule has 1 amide bonds. The van der Waals surface area contributed by atoms with Gasteiger partial charge in [0.2, 0.25) is 11.0 Å². The van der Waals surface area contributed by atoms with Gasteiger partial charge in [0.05, 0.1) is 21.5 Å². The van der Waals surface area contributed by atoms with Gasteiger partial charge in [-0.3, -0.25) is 4.79 Å². The number of halogens is 3. The zero-order chi connectivity index (χ0) is 21.0. The quantitative estimate of drug-likeness (QED) is 0.348. The Bertz CT molecular complexity index is 986. The van der Waals surface area contributed by atoms with Crippen molar-refractivity contribution in [3.05, 3.63) is 57.0 Å². The Labute approximate surface area is 192 Å². The van der Waals surface area contributed by atoms with Crippen molar-refractivity contribution in [2.24, 2.45) is 0 Å². The van der Waals surface area contributed by atoms with E-state index in [0.29, 0.717) is 26.1 Å². The number of anilines is 3. The van der Waals surface area contributed by atoms with Crippen LogP contribution >= 0.6 is 57.9 Å². The second-order valence-corrected chi connectivity index (χ2v) is 9.81. The highest BCUT2D eigenvalue weighted by molar-refractivity contribution is 8.01. The first-order chi connectivity index (χ1) is 13.8. The zero-order valence-corrected chi connectivity index (χ0v) is 19.4. The highest BCUT2D eigenvalue weighted by atomic mass is 35.5. The monoisotopic (exact) mass is 486 g/mol. The van der Waals surface area contributed by atoms with Gasteiger partial charge in [0.25, 0.3) is 0 Å². The number of rotatable bonds is 7. The van der Waals surface area contributed by atoms with Gasteiger partial charge in [0, 0.05) is 10.7 Å². The number of carbonyl (C=O) groups excluding carboxylic acids is 1. The molecule has 0 saturated heterocycles. The summed E-state index contributed by atoms with van der Waals surface area (Å²) in [7, 11) is 0. The number of aromatic nitrogens is 2. The van der Waals surface area contributed by atoms with Gasteiger partial charge < -0.3 is 10.6 Å². The van der Waals surface area contributed by atoms with E-state index in [-0.39, 0.29) is 21.7 Å². The molecule has 5 nitrogen and oxygen atoms in total. The molecule has 0 aliphatic carbocycles. The summed E-state index contributed by atoms with van der Waals surface area (Å²) < 4.78 is 0.676. The van der Waals surface area contributed by atoms with Crippen molar-refractivity contribution in [1.29, 1.82) is 0 Å². The maximum atomic E-state index is 12.2. The van der Waals surface area contributed by atoms with E-state index >= 15 is 0 Å². The van der Waals surface area contributed by atoms with Gasteiger partial charge in [0.15, 0.2) is 4.34 Å². The summed E-state index contributed by atoms with van der Waals surface area (Å²) in [5.74, 6) is 0.375. The Kier molecular flexibility index (Phi) is 7.65. The normalized spacial score (nSPS) is 11.0. The number of nitrogens with one attached hydrogen (secondary N) is 2. The lowest BCUT2D eigenvalue weighted by molar-refractivity contribution is -0.113. The number of amides is 1. The molecule has 3 aromatic rings. The van der Waals surface area contributed by atoms with Crippen molar-refractivity contribution in [3.8, 4) is 0 Å². The third kappa shape index (κ3) is 6.23. The highest BCUT2D eigenvalue weighted by Crippen LogP contribution is 2.34. The molecule has 1 heterocycles. The van der Waals surface area contributed by atoms with Crippen LogP contribution < -0.4 is 10.6 Å². The van der Waals surface area contributed by atoms with Gasteiger partial charge in [-0.2, -0.15) is 0 Å². The maximum Gasteiger partial charge on any atom is 0.234 e. The van der Waals surface area contributed by atoms with Crippen LogP contribution in [0.4, 0.5) is 16.5 Å². The first-order valence-corrected chi connectivity index (χ1v) is 11.5. The molecule has 152 valence electrons. The molecule has 0 bridgehead atoms. The summed E-state index contributed by atoms with van der Waals surface area (Å²) in [4.78, 5) is 12.2. The smallest absolute Gasteiger partial charge is 0.234 e. The second-order valence-electron chi connectivity index (χ2n) is 6.36. The van der Waals surface area contributed by atoms with E-state index in [9.17, 15) is 4.79 Å². The van der Waals surface area contributed by atoms with E-state index in [0.717, 1.165) is 5.69 Å². The Morgan fingerprint density at radius 1 is 1.10 bits per heavy atom. The molecule has 0 aliphatic heterocycles. The van der Waals surface area contributed by atoms with Crippen LogP contribution in [0, 0.1) is 0 Å². The summed E-state index contributed by atoms with van der Waals surface area (Å²) in [6.45, 7) is 4.31. The van der Waals surface area contributed by atoms with Crippen LogP contribution in [0.1, 0.15) is 25.3 Å². The molecular formula is C19H17Cl3N4OS2. The van der Waals surface area contributed by atoms with Crippen molar-refractivity contribution >= 4 is 80.3 Å². The van der Waals surface area contributed by atoms with Crippen molar-refractivity contribution in [1.82, 2.24) is 10.2 Å². The Morgan fingerprint density at radius 3 is 2.38 bits per heavy atom. The largest absolute Gasteiger partial charge is 0.330 e. The molecule has 0 spiro atoms. The summed E-state index contributed by atoms with van der Waals surface area (Å²) in [5, 5.41) is 15.8. The van der Waals surface area contributed by atoms with Gasteiger partial charge in [-0.05, 0) is 35.7 Å². The van der Waals surface area contributed by atoms with Gasteiger partial charge in [-0.1, -0.05) is 83.9 Å². The fourth-order valence-corrected chi connectivity index (χ4v) is 4.84. The first kappa shape index (κ1) is 22.2. The molecule has 2 N–H and O–H groups in total. The Balaban J connectivity index is 1.54. The molecule has 0 fully saturated rings. The third-order valence-corrected chi connectivity index (χ3v) is 6.62. The summed E-state index contributed by atoms with van der Waals surface area (Å²) in [5.41, 5.74) is 2.55. The minimum absolute atomic E-state index is 0.146. The summed E-state index contributed by atoms with van der Waals surface area (Å²) in [6, 6.07) is 11.2. The van der Waals surface area contributed by atoms with E-state index in [2.05, 4.69) is 46.8 Å². The van der Waals surface area contributed by atoms with Crippen molar-refractivity contribution < 1.29 is 4.79 Å². The topological polar surface area (TPSA) is 66.9 Å². The van der Waals surface area contributed by atoms with Crippen LogP contribution in [0.5, 0.6) is 0 Å². The van der Waals surface area contributed by atoms with E-state index in [1.54, 1.807) is 0 Å². The van der Waals surface area contributed by atoms with E-state index in [1.807, 2.05) is 12.1 Å². The standard InChI is InChI=1S/C19H17Cl3N4OS2/c1-10(2)11-3-5-13(6-4-11)23-18-25-26-19(29-18)28-9-16(27)24-17-14(21)7-12(20)8-15(17)22/h3-8,10H,9H2,1-2H3,(H,23,25)(H,24,27). The van der Waals surface area contributed by atoms with Gasteiger partial charge >= 0.3 is 0 Å². The van der Waals surface area contributed by atoms with Crippen molar-refractivity contribution in [2.45, 2.75) is 24.1 Å². The van der Waals surface area contributed by atoms with Gasteiger partial charge in [0.1, 0.15) is 0 Å². The second kappa shape index (κ2) is 10.00. The predicted octanol–water partition coefficient (Wildman–Crippen LogP) is 7.10. The number of carbonyl (C=O) groups is 1. The minimum atomic E-state index is -0.255. The Morgan fingerprint density at radius 2 is 1.76 bits per heavy atom. The van der Waals surface area contributed by atoms with E-state index in [1.165, 1.54) is 40.8 Å². The molecular weight excluding hydrogens is 471 g/mol. The summed E-state index contributed by atoms with van der Waals surface area (Å²) in [6.07, 6.45) is 0. The SMILES string of the molecule is CC(C)c1ccc(Nc2nnc(SCC(=O)Nc3c(Cl)cc(Cl)cc3Cl)s2)cc1. The Hall–Kier alpha value is -1.51. The first-order valence-electron chi connectivity index (χ1n) is 8.59. The van der Waals surface area contributed by atoms with E-state index < -0.39 is 0 Å². The molecule has 0 radical (unpaired) electrons. The molecule has 0 saturated carbocycles.